The third-order valence-corrected chi connectivity index (χ3v) is 3.89. The number of hydrogen-bond acceptors (Lipinski definition) is 5. The Labute approximate surface area is 113 Å². The average Bonchev–Trinajstić information content (AvgIpc) is 2.28. The molecule has 0 saturated heterocycles. The normalized spacial score (nSPS) is 11.2. The molecule has 1 N–H and O–H groups in total. The van der Waals surface area contributed by atoms with Gasteiger partial charge in [-0.3, -0.25) is 4.72 Å². The van der Waals surface area contributed by atoms with Crippen molar-refractivity contribution in [3.63, 3.8) is 0 Å². The zero-order valence-corrected chi connectivity index (χ0v) is 11.0. The Kier molecular flexibility index (Phi) is 3.65. The van der Waals surface area contributed by atoms with Crippen molar-refractivity contribution >= 4 is 39.0 Å². The van der Waals surface area contributed by atoms with Gasteiger partial charge in [0.25, 0.3) is 10.0 Å². The van der Waals surface area contributed by atoms with Crippen LogP contribution in [0.5, 0.6) is 0 Å². The van der Waals surface area contributed by atoms with E-state index in [-0.39, 0.29) is 21.0 Å². The van der Waals surface area contributed by atoms with E-state index >= 15 is 0 Å². The first-order chi connectivity index (χ1) is 8.49. The summed E-state index contributed by atoms with van der Waals surface area (Å²) in [4.78, 5) is 10.9. The first kappa shape index (κ1) is 13.0. The van der Waals surface area contributed by atoms with Crippen LogP contribution in [0.3, 0.4) is 0 Å². The van der Waals surface area contributed by atoms with Gasteiger partial charge in [-0.05, 0) is 12.1 Å². The third kappa shape index (κ3) is 2.87. The van der Waals surface area contributed by atoms with Gasteiger partial charge >= 0.3 is 0 Å². The van der Waals surface area contributed by atoms with Crippen molar-refractivity contribution < 1.29 is 8.42 Å². The lowest BCUT2D eigenvalue weighted by Gasteiger charge is -2.07. The summed E-state index contributed by atoms with van der Waals surface area (Å²) in [6.07, 6.45) is 2.54. The standard InChI is InChI=1S/C9H6Cl2N4O2S/c10-7-4-8(14-5-13-7)15-18(16,17)6-2-1-3-12-9(6)11/h1-5H,(H,13,14,15). The lowest BCUT2D eigenvalue weighted by atomic mass is 10.5. The van der Waals surface area contributed by atoms with E-state index in [0.717, 1.165) is 6.33 Å². The average molecular weight is 305 g/mol. The molecule has 0 aliphatic carbocycles. The number of halogens is 2. The van der Waals surface area contributed by atoms with E-state index in [4.69, 9.17) is 23.2 Å². The van der Waals surface area contributed by atoms with E-state index in [2.05, 4.69) is 19.7 Å². The first-order valence-electron chi connectivity index (χ1n) is 4.60. The van der Waals surface area contributed by atoms with Gasteiger partial charge in [-0.1, -0.05) is 23.2 Å². The number of aromatic nitrogens is 3. The van der Waals surface area contributed by atoms with Gasteiger partial charge in [-0.15, -0.1) is 0 Å². The van der Waals surface area contributed by atoms with Crippen molar-refractivity contribution in [2.45, 2.75) is 4.90 Å². The van der Waals surface area contributed by atoms with E-state index < -0.39 is 10.0 Å². The molecule has 9 heteroatoms. The number of nitrogens with zero attached hydrogens (tertiary/aromatic N) is 3. The summed E-state index contributed by atoms with van der Waals surface area (Å²) in [5, 5.41) is 0.00476. The molecule has 0 aliphatic rings. The second-order valence-electron chi connectivity index (χ2n) is 3.12. The molecule has 6 nitrogen and oxygen atoms in total. The maximum Gasteiger partial charge on any atom is 0.266 e. The fraction of sp³-hybridized carbons (Fsp3) is 0. The molecule has 0 bridgehead atoms. The van der Waals surface area contributed by atoms with E-state index in [1.54, 1.807) is 0 Å². The second-order valence-corrected chi connectivity index (χ2v) is 5.52. The highest BCUT2D eigenvalue weighted by molar-refractivity contribution is 7.92. The van der Waals surface area contributed by atoms with Crippen LogP contribution < -0.4 is 4.72 Å². The first-order valence-corrected chi connectivity index (χ1v) is 6.84. The van der Waals surface area contributed by atoms with Crippen LogP contribution in [0.1, 0.15) is 0 Å². The molecule has 2 aromatic heterocycles. The number of sulfonamides is 1. The number of nitrogens with one attached hydrogen (secondary N) is 1. The molecule has 2 rings (SSSR count). The quantitative estimate of drug-likeness (QED) is 0.692. The molecule has 0 aliphatic heterocycles. The van der Waals surface area contributed by atoms with Crippen molar-refractivity contribution in [3.05, 3.63) is 41.0 Å². The van der Waals surface area contributed by atoms with Gasteiger partial charge in [0.15, 0.2) is 0 Å². The molecule has 0 aromatic carbocycles. The molecule has 94 valence electrons. The van der Waals surface area contributed by atoms with Gasteiger partial charge in [0.1, 0.15) is 27.3 Å². The predicted molar refractivity (Wildman–Crippen MR) is 67.1 cm³/mol. The number of anilines is 1. The minimum Gasteiger partial charge on any atom is -0.263 e. The van der Waals surface area contributed by atoms with Gasteiger partial charge < -0.3 is 0 Å². The highest BCUT2D eigenvalue weighted by atomic mass is 35.5. The molecule has 2 aromatic rings. The summed E-state index contributed by atoms with van der Waals surface area (Å²) in [5.41, 5.74) is 0. The highest BCUT2D eigenvalue weighted by Crippen LogP contribution is 2.20. The van der Waals surface area contributed by atoms with Gasteiger partial charge in [-0.25, -0.2) is 23.4 Å². The maximum absolute atomic E-state index is 12.0. The van der Waals surface area contributed by atoms with Crippen LogP contribution in [0.4, 0.5) is 5.82 Å². The van der Waals surface area contributed by atoms with E-state index in [0.29, 0.717) is 0 Å². The lowest BCUT2D eigenvalue weighted by Crippen LogP contribution is -2.14. The molecule has 0 fully saturated rings. The van der Waals surface area contributed by atoms with E-state index in [1.807, 2.05) is 0 Å². The Morgan fingerprint density at radius 3 is 2.61 bits per heavy atom. The van der Waals surface area contributed by atoms with Crippen LogP contribution in [0.15, 0.2) is 35.6 Å². The summed E-state index contributed by atoms with van der Waals surface area (Å²) in [7, 11) is -3.85. The number of rotatable bonds is 3. The van der Waals surface area contributed by atoms with Gasteiger partial charge in [0.2, 0.25) is 0 Å². The largest absolute Gasteiger partial charge is 0.266 e. The predicted octanol–water partition coefficient (Wildman–Crippen LogP) is 1.98. The van der Waals surface area contributed by atoms with Crippen molar-refractivity contribution in [1.82, 2.24) is 15.0 Å². The zero-order chi connectivity index (χ0) is 13.2. The van der Waals surface area contributed by atoms with Crippen LogP contribution in [-0.2, 0) is 10.0 Å². The molecule has 0 atom stereocenters. The Balaban J connectivity index is 2.37. The van der Waals surface area contributed by atoms with Gasteiger partial charge in [0, 0.05) is 12.3 Å². The number of pyridine rings is 1. The molecule has 0 unspecified atom stereocenters. The molecule has 2 heterocycles. The Morgan fingerprint density at radius 1 is 1.17 bits per heavy atom. The van der Waals surface area contributed by atoms with E-state index in [1.165, 1.54) is 24.4 Å². The van der Waals surface area contributed by atoms with Crippen LogP contribution in [0.2, 0.25) is 10.3 Å². The Bertz CT molecular complexity index is 678. The minimum absolute atomic E-state index is 0.0509. The third-order valence-electron chi connectivity index (χ3n) is 1.89. The highest BCUT2D eigenvalue weighted by Gasteiger charge is 2.19. The Hall–Kier alpha value is -1.44. The molecule has 0 amide bonds. The summed E-state index contributed by atoms with van der Waals surface area (Å²) < 4.78 is 26.2. The van der Waals surface area contributed by atoms with Crippen molar-refractivity contribution in [2.24, 2.45) is 0 Å². The van der Waals surface area contributed by atoms with Gasteiger partial charge in [0.05, 0.1) is 0 Å². The van der Waals surface area contributed by atoms with Crippen molar-refractivity contribution in [3.8, 4) is 0 Å². The SMILES string of the molecule is O=S(=O)(Nc1cc(Cl)ncn1)c1cccnc1Cl. The molecule has 18 heavy (non-hydrogen) atoms. The summed E-state index contributed by atoms with van der Waals surface area (Å²) in [6.45, 7) is 0. The minimum atomic E-state index is -3.85. The summed E-state index contributed by atoms with van der Waals surface area (Å²) in [6, 6.07) is 4.08. The van der Waals surface area contributed by atoms with Crippen LogP contribution in [0.25, 0.3) is 0 Å². The van der Waals surface area contributed by atoms with Crippen LogP contribution in [-0.4, -0.2) is 23.4 Å². The summed E-state index contributed by atoms with van der Waals surface area (Å²) in [5.74, 6) is 0.0509. The van der Waals surface area contributed by atoms with Crippen LogP contribution in [0, 0.1) is 0 Å². The molecule has 0 spiro atoms. The van der Waals surface area contributed by atoms with Gasteiger partial charge in [-0.2, -0.15) is 0 Å². The number of hydrogen-bond donors (Lipinski definition) is 1. The molecule has 0 saturated carbocycles. The smallest absolute Gasteiger partial charge is 0.263 e. The molecular weight excluding hydrogens is 299 g/mol. The van der Waals surface area contributed by atoms with E-state index in [9.17, 15) is 8.42 Å². The molecular formula is C9H6Cl2N4O2S. The Morgan fingerprint density at radius 2 is 1.94 bits per heavy atom. The van der Waals surface area contributed by atoms with Crippen molar-refractivity contribution in [2.75, 3.05) is 4.72 Å². The fourth-order valence-corrected chi connectivity index (χ4v) is 2.75. The monoisotopic (exact) mass is 304 g/mol. The zero-order valence-electron chi connectivity index (χ0n) is 8.71. The topological polar surface area (TPSA) is 84.8 Å². The maximum atomic E-state index is 12.0. The lowest BCUT2D eigenvalue weighted by molar-refractivity contribution is 0.600. The van der Waals surface area contributed by atoms with Crippen LogP contribution >= 0.6 is 23.2 Å². The molecule has 0 radical (unpaired) electrons. The summed E-state index contributed by atoms with van der Waals surface area (Å²) >= 11 is 11.3. The second kappa shape index (κ2) is 5.05. The van der Waals surface area contributed by atoms with Crippen molar-refractivity contribution in [1.29, 1.82) is 0 Å². The fourth-order valence-electron chi connectivity index (χ4n) is 1.15.